The lowest BCUT2D eigenvalue weighted by molar-refractivity contribution is -0.173. The van der Waals surface area contributed by atoms with Crippen molar-refractivity contribution in [3.8, 4) is 0 Å². The molecule has 3 heterocycles. The molecule has 0 spiro atoms. The maximum Gasteiger partial charge on any atom is 0.471 e. The number of hydrogen-bond acceptors (Lipinski definition) is 10. The van der Waals surface area contributed by atoms with Gasteiger partial charge in [0.15, 0.2) is 23.2 Å². The Morgan fingerprint density at radius 3 is 2.47 bits per heavy atom. The molecule has 0 radical (unpaired) electrons. The van der Waals surface area contributed by atoms with Crippen LogP contribution in [-0.2, 0) is 18.6 Å². The zero-order chi connectivity index (χ0) is 26.5. The van der Waals surface area contributed by atoms with E-state index in [-0.39, 0.29) is 12.2 Å². The predicted octanol–water partition coefficient (Wildman–Crippen LogP) is 0.206. The van der Waals surface area contributed by atoms with E-state index in [1.807, 2.05) is 5.32 Å². The topological polar surface area (TPSA) is 201 Å². The maximum absolute atomic E-state index is 12.1. The molecule has 14 nitrogen and oxygen atoms in total. The molecule has 0 bridgehead atoms. The van der Waals surface area contributed by atoms with Crippen LogP contribution in [-0.4, -0.2) is 89.6 Å². The summed E-state index contributed by atoms with van der Waals surface area (Å²) in [5, 5.41) is 25.5. The number of imidazole rings is 1. The molecule has 6 N–H and O–H groups in total. The summed E-state index contributed by atoms with van der Waals surface area (Å²) in [5.41, 5.74) is 0.605. The van der Waals surface area contributed by atoms with Gasteiger partial charge in [-0.15, -0.1) is 0 Å². The van der Waals surface area contributed by atoms with Gasteiger partial charge in [-0.2, -0.15) is 13.2 Å². The fourth-order valence-corrected chi connectivity index (χ4v) is 3.89. The molecule has 0 saturated carbocycles. The summed E-state index contributed by atoms with van der Waals surface area (Å²) in [6, 6.07) is 0. The van der Waals surface area contributed by atoms with Gasteiger partial charge in [-0.05, 0) is 12.8 Å². The highest BCUT2D eigenvalue weighted by Gasteiger charge is 2.45. The number of nitrogens with one attached hydrogen (secondary N) is 2. The van der Waals surface area contributed by atoms with Crippen molar-refractivity contribution in [2.75, 3.05) is 25.0 Å². The molecule has 1 fully saturated rings. The van der Waals surface area contributed by atoms with E-state index in [0.717, 1.165) is 0 Å². The SMILES string of the molecule is O=C(NCCCCCCNc1ncnc2c1ncn2[C@H]1O[C@H](COP(=O)(O)O)[C@@H](O)[C@H]1O)C(F)(F)F. The summed E-state index contributed by atoms with van der Waals surface area (Å²) in [5.74, 6) is -1.57. The van der Waals surface area contributed by atoms with Crippen molar-refractivity contribution in [2.45, 2.75) is 56.4 Å². The molecule has 3 rings (SSSR count). The van der Waals surface area contributed by atoms with Gasteiger partial charge >= 0.3 is 19.9 Å². The van der Waals surface area contributed by atoms with Gasteiger partial charge in [-0.1, -0.05) is 12.8 Å². The van der Waals surface area contributed by atoms with E-state index in [1.54, 1.807) is 0 Å². The average molecular weight is 542 g/mol. The molecule has 2 aromatic heterocycles. The zero-order valence-electron chi connectivity index (χ0n) is 18.7. The van der Waals surface area contributed by atoms with Gasteiger partial charge < -0.3 is 35.4 Å². The Labute approximate surface area is 202 Å². The molecule has 18 heteroatoms. The number of phosphoric acid groups is 1. The Balaban J connectivity index is 1.50. The van der Waals surface area contributed by atoms with Crippen molar-refractivity contribution in [1.82, 2.24) is 24.8 Å². The second kappa shape index (κ2) is 11.8. The van der Waals surface area contributed by atoms with Crippen molar-refractivity contribution >= 4 is 30.7 Å². The molecule has 202 valence electrons. The standard InChI is InChI=1S/C18H26F3N6O8P/c19-18(20,21)17(30)23-6-4-2-1-3-5-22-14-11-15(25-8-24-14)27(9-26-11)16-13(29)12(28)10(35-16)7-34-36(31,32)33/h8-10,12-13,16,28-29H,1-7H2,(H,23,30)(H,22,24,25)(H2,31,32,33)/t10-,12-,13-,16+/m1/s1. The van der Waals surface area contributed by atoms with Crippen LogP contribution in [0.25, 0.3) is 11.2 Å². The smallest absolute Gasteiger partial charge is 0.387 e. The Kier molecular flexibility index (Phi) is 9.21. The van der Waals surface area contributed by atoms with Crippen LogP contribution in [0.1, 0.15) is 31.9 Å². The minimum absolute atomic E-state index is 0.0637. The van der Waals surface area contributed by atoms with E-state index in [0.29, 0.717) is 43.6 Å². The fraction of sp³-hybridized carbons (Fsp3) is 0.667. The molecular weight excluding hydrogens is 516 g/mol. The summed E-state index contributed by atoms with van der Waals surface area (Å²) in [6.07, 6.45) is -5.27. The van der Waals surface area contributed by atoms with Crippen LogP contribution in [0.2, 0.25) is 0 Å². The molecule has 36 heavy (non-hydrogen) atoms. The van der Waals surface area contributed by atoms with E-state index in [9.17, 15) is 32.7 Å². The number of hydrogen-bond donors (Lipinski definition) is 6. The number of aromatic nitrogens is 4. The van der Waals surface area contributed by atoms with Gasteiger partial charge in [0.05, 0.1) is 12.9 Å². The summed E-state index contributed by atoms with van der Waals surface area (Å²) in [7, 11) is -4.80. The molecule has 1 aliphatic heterocycles. The highest BCUT2D eigenvalue weighted by atomic mass is 31.2. The molecule has 4 atom stereocenters. The number of amides is 1. The summed E-state index contributed by atoms with van der Waals surface area (Å²) in [4.78, 5) is 40.9. The Morgan fingerprint density at radius 1 is 1.11 bits per heavy atom. The maximum atomic E-state index is 12.1. The number of carbonyl (C=O) groups excluding carboxylic acids is 1. The Hall–Kier alpha value is -2.40. The van der Waals surface area contributed by atoms with E-state index in [1.165, 1.54) is 17.2 Å². The number of rotatable bonds is 12. The van der Waals surface area contributed by atoms with Crippen LogP contribution in [0.15, 0.2) is 12.7 Å². The fourth-order valence-electron chi connectivity index (χ4n) is 3.55. The van der Waals surface area contributed by atoms with Crippen LogP contribution in [0.3, 0.4) is 0 Å². The number of aliphatic hydroxyl groups excluding tert-OH is 2. The number of nitrogens with zero attached hydrogens (tertiary/aromatic N) is 4. The van der Waals surface area contributed by atoms with Gasteiger partial charge in [0.2, 0.25) is 0 Å². The number of phosphoric ester groups is 1. The third-order valence-corrected chi connectivity index (χ3v) is 5.80. The molecule has 0 aliphatic carbocycles. The van der Waals surface area contributed by atoms with E-state index >= 15 is 0 Å². The first-order valence-electron chi connectivity index (χ1n) is 10.9. The molecule has 1 saturated heterocycles. The molecule has 0 aromatic carbocycles. The van der Waals surface area contributed by atoms with Crippen molar-refractivity contribution in [3.05, 3.63) is 12.7 Å². The first kappa shape index (κ1) is 28.2. The Morgan fingerprint density at radius 2 is 1.81 bits per heavy atom. The third kappa shape index (κ3) is 7.32. The highest BCUT2D eigenvalue weighted by Crippen LogP contribution is 2.39. The van der Waals surface area contributed by atoms with Gasteiger partial charge in [-0.3, -0.25) is 13.9 Å². The summed E-state index contributed by atoms with van der Waals surface area (Å²) in [6.45, 7) is -0.245. The average Bonchev–Trinajstić information content (AvgIpc) is 3.34. The van der Waals surface area contributed by atoms with Crippen LogP contribution < -0.4 is 10.6 Å². The van der Waals surface area contributed by atoms with E-state index in [4.69, 9.17) is 14.5 Å². The number of carbonyl (C=O) groups is 1. The lowest BCUT2D eigenvalue weighted by atomic mass is 10.1. The van der Waals surface area contributed by atoms with Gasteiger partial charge in [0, 0.05) is 13.1 Å². The van der Waals surface area contributed by atoms with Crippen LogP contribution >= 0.6 is 7.82 Å². The summed E-state index contributed by atoms with van der Waals surface area (Å²) >= 11 is 0. The molecule has 1 amide bonds. The number of unbranched alkanes of at least 4 members (excludes halogenated alkanes) is 3. The Bertz CT molecular complexity index is 1080. The first-order valence-corrected chi connectivity index (χ1v) is 12.4. The molecule has 0 unspecified atom stereocenters. The minimum Gasteiger partial charge on any atom is -0.387 e. The van der Waals surface area contributed by atoms with E-state index in [2.05, 4.69) is 24.8 Å². The number of aliphatic hydroxyl groups is 2. The number of anilines is 1. The monoisotopic (exact) mass is 542 g/mol. The van der Waals surface area contributed by atoms with Crippen molar-refractivity contribution in [2.24, 2.45) is 0 Å². The molecule has 1 aliphatic rings. The van der Waals surface area contributed by atoms with Crippen LogP contribution in [0, 0.1) is 0 Å². The number of halogens is 3. The third-order valence-electron chi connectivity index (χ3n) is 5.32. The normalized spacial score (nSPS) is 22.8. The van der Waals surface area contributed by atoms with E-state index < -0.39 is 51.1 Å². The minimum atomic E-state index is -4.89. The van der Waals surface area contributed by atoms with Crippen molar-refractivity contribution in [1.29, 1.82) is 0 Å². The number of ether oxygens (including phenoxy) is 1. The summed E-state index contributed by atoms with van der Waals surface area (Å²) < 4.78 is 58.5. The lowest BCUT2D eigenvalue weighted by Crippen LogP contribution is -2.37. The highest BCUT2D eigenvalue weighted by molar-refractivity contribution is 7.46. The molecule has 2 aromatic rings. The van der Waals surface area contributed by atoms with Gasteiger partial charge in [0.1, 0.15) is 24.6 Å². The quantitative estimate of drug-likeness (QED) is 0.157. The largest absolute Gasteiger partial charge is 0.471 e. The van der Waals surface area contributed by atoms with Crippen molar-refractivity contribution in [3.63, 3.8) is 0 Å². The number of fused-ring (bicyclic) bond motifs is 1. The zero-order valence-corrected chi connectivity index (χ0v) is 19.6. The first-order chi connectivity index (χ1) is 16.9. The van der Waals surface area contributed by atoms with Gasteiger partial charge in [0.25, 0.3) is 0 Å². The van der Waals surface area contributed by atoms with Crippen molar-refractivity contribution < 1.29 is 51.8 Å². The second-order valence-corrected chi connectivity index (χ2v) is 9.21. The number of alkyl halides is 3. The van der Waals surface area contributed by atoms with Gasteiger partial charge in [-0.25, -0.2) is 19.5 Å². The lowest BCUT2D eigenvalue weighted by Gasteiger charge is -2.16. The van der Waals surface area contributed by atoms with Crippen LogP contribution in [0.4, 0.5) is 19.0 Å². The second-order valence-electron chi connectivity index (χ2n) is 7.97. The predicted molar refractivity (Wildman–Crippen MR) is 115 cm³/mol. The van der Waals surface area contributed by atoms with Crippen LogP contribution in [0.5, 0.6) is 0 Å². The molecular formula is C18H26F3N6O8P.